The minimum atomic E-state index is -0.525. The number of alkyl carbamates (subject to hydrolysis) is 1. The summed E-state index contributed by atoms with van der Waals surface area (Å²) in [6, 6.07) is 7.70. The average Bonchev–Trinajstić information content (AvgIpc) is 2.82. The third-order valence-corrected chi connectivity index (χ3v) is 3.68. The second kappa shape index (κ2) is 5.93. The van der Waals surface area contributed by atoms with Gasteiger partial charge < -0.3 is 9.64 Å². The first-order valence-corrected chi connectivity index (χ1v) is 7.15. The zero-order chi connectivity index (χ0) is 15.6. The van der Waals surface area contributed by atoms with Crippen molar-refractivity contribution in [1.29, 1.82) is 0 Å². The van der Waals surface area contributed by atoms with Crippen LogP contribution in [0.15, 0.2) is 29.3 Å². The SMILES string of the molecule is COC(=O)NC1=NCC(c2ccccc2Cl)N1C(C)(C)C. The summed E-state index contributed by atoms with van der Waals surface area (Å²) < 4.78 is 4.65. The van der Waals surface area contributed by atoms with Gasteiger partial charge in [0.25, 0.3) is 0 Å². The van der Waals surface area contributed by atoms with Crippen LogP contribution in [0.2, 0.25) is 5.02 Å². The molecule has 0 aliphatic carbocycles. The molecule has 1 aliphatic rings. The van der Waals surface area contributed by atoms with E-state index in [4.69, 9.17) is 11.6 Å². The summed E-state index contributed by atoms with van der Waals surface area (Å²) >= 11 is 6.31. The quantitative estimate of drug-likeness (QED) is 0.866. The smallest absolute Gasteiger partial charge is 0.413 e. The van der Waals surface area contributed by atoms with Gasteiger partial charge in [-0.25, -0.2) is 4.79 Å². The van der Waals surface area contributed by atoms with Crippen LogP contribution < -0.4 is 5.32 Å². The highest BCUT2D eigenvalue weighted by molar-refractivity contribution is 6.31. The van der Waals surface area contributed by atoms with Gasteiger partial charge in [-0.15, -0.1) is 0 Å². The summed E-state index contributed by atoms with van der Waals surface area (Å²) in [5.41, 5.74) is 0.778. The third kappa shape index (κ3) is 3.29. The molecule has 1 amide bonds. The van der Waals surface area contributed by atoms with Crippen molar-refractivity contribution in [2.45, 2.75) is 32.4 Å². The van der Waals surface area contributed by atoms with Gasteiger partial charge in [0.15, 0.2) is 0 Å². The van der Waals surface area contributed by atoms with Crippen LogP contribution in [0.5, 0.6) is 0 Å². The maximum Gasteiger partial charge on any atom is 0.413 e. The Labute approximate surface area is 129 Å². The zero-order valence-corrected chi connectivity index (χ0v) is 13.4. The minimum absolute atomic E-state index is 0.00847. The number of rotatable bonds is 1. The molecule has 0 spiro atoms. The fourth-order valence-corrected chi connectivity index (χ4v) is 2.75. The summed E-state index contributed by atoms with van der Waals surface area (Å²) in [7, 11) is 1.33. The van der Waals surface area contributed by atoms with Gasteiger partial charge in [-0.05, 0) is 32.4 Å². The fraction of sp³-hybridized carbons (Fsp3) is 0.467. The Bertz CT molecular complexity index is 566. The maximum atomic E-state index is 11.5. The molecule has 1 aromatic rings. The normalized spacial score (nSPS) is 18.4. The summed E-state index contributed by atoms with van der Waals surface area (Å²) in [4.78, 5) is 18.0. The summed E-state index contributed by atoms with van der Waals surface area (Å²) in [5.74, 6) is 0.513. The van der Waals surface area contributed by atoms with Crippen molar-refractivity contribution in [2.75, 3.05) is 13.7 Å². The van der Waals surface area contributed by atoms with Gasteiger partial charge in [-0.3, -0.25) is 10.3 Å². The first-order valence-electron chi connectivity index (χ1n) is 6.77. The predicted molar refractivity (Wildman–Crippen MR) is 83.6 cm³/mol. The number of benzene rings is 1. The van der Waals surface area contributed by atoms with Gasteiger partial charge >= 0.3 is 6.09 Å². The number of nitrogens with one attached hydrogen (secondary N) is 1. The van der Waals surface area contributed by atoms with Crippen LogP contribution in [0, 0.1) is 0 Å². The van der Waals surface area contributed by atoms with E-state index in [-0.39, 0.29) is 11.6 Å². The number of aliphatic imine (C=N–C) groups is 1. The first kappa shape index (κ1) is 15.6. The molecular weight excluding hydrogens is 290 g/mol. The molecule has 0 aromatic heterocycles. The Morgan fingerprint density at radius 3 is 2.67 bits per heavy atom. The number of methoxy groups -OCH3 is 1. The molecular formula is C15H20ClN3O2. The van der Waals surface area contributed by atoms with Crippen LogP contribution in [-0.4, -0.2) is 36.1 Å². The second-order valence-corrected chi connectivity index (χ2v) is 6.27. The number of carbonyl (C=O) groups excluding carboxylic acids is 1. The average molecular weight is 310 g/mol. The number of hydrogen-bond acceptors (Lipinski definition) is 4. The number of guanidine groups is 1. The highest BCUT2D eigenvalue weighted by atomic mass is 35.5. The molecule has 0 fully saturated rings. The van der Waals surface area contributed by atoms with E-state index < -0.39 is 6.09 Å². The maximum absolute atomic E-state index is 11.5. The van der Waals surface area contributed by atoms with Gasteiger partial charge in [-0.2, -0.15) is 0 Å². The lowest BCUT2D eigenvalue weighted by Gasteiger charge is -2.39. The molecule has 0 saturated carbocycles. The lowest BCUT2D eigenvalue weighted by Crippen LogP contribution is -2.51. The van der Waals surface area contributed by atoms with Gasteiger partial charge in [-0.1, -0.05) is 29.8 Å². The standard InChI is InChI=1S/C15H20ClN3O2/c1-15(2,3)19-12(10-7-5-6-8-11(10)16)9-17-13(19)18-14(20)21-4/h5-8,12H,9H2,1-4H3,(H,17,18,20). The number of halogens is 1. The fourth-order valence-electron chi connectivity index (χ4n) is 2.49. The van der Waals surface area contributed by atoms with Gasteiger partial charge in [0.1, 0.15) is 0 Å². The topological polar surface area (TPSA) is 53.9 Å². The molecule has 114 valence electrons. The summed E-state index contributed by atoms with van der Waals surface area (Å²) in [5, 5.41) is 3.38. The van der Waals surface area contributed by atoms with E-state index >= 15 is 0 Å². The molecule has 1 aliphatic heterocycles. The Morgan fingerprint density at radius 2 is 2.10 bits per heavy atom. The first-order chi connectivity index (χ1) is 9.84. The van der Waals surface area contributed by atoms with Crippen molar-refractivity contribution in [1.82, 2.24) is 10.2 Å². The largest absolute Gasteiger partial charge is 0.453 e. The Morgan fingerprint density at radius 1 is 1.43 bits per heavy atom. The molecule has 1 atom stereocenters. The Kier molecular flexibility index (Phi) is 4.42. The van der Waals surface area contributed by atoms with E-state index in [2.05, 4.69) is 40.7 Å². The third-order valence-electron chi connectivity index (χ3n) is 3.34. The molecule has 5 nitrogen and oxygen atoms in total. The van der Waals surface area contributed by atoms with Gasteiger partial charge in [0.2, 0.25) is 5.96 Å². The van der Waals surface area contributed by atoms with Crippen LogP contribution in [0.1, 0.15) is 32.4 Å². The molecule has 1 unspecified atom stereocenters. The van der Waals surface area contributed by atoms with E-state index in [0.29, 0.717) is 17.5 Å². The number of hydrogen-bond donors (Lipinski definition) is 1. The second-order valence-electron chi connectivity index (χ2n) is 5.86. The van der Waals surface area contributed by atoms with Crippen LogP contribution in [0.4, 0.5) is 4.79 Å². The number of nitrogens with zero attached hydrogens (tertiary/aromatic N) is 2. The van der Waals surface area contributed by atoms with Crippen LogP contribution >= 0.6 is 11.6 Å². The number of carbonyl (C=O) groups is 1. The molecule has 0 bridgehead atoms. The molecule has 21 heavy (non-hydrogen) atoms. The highest BCUT2D eigenvalue weighted by Crippen LogP contribution is 2.35. The number of ether oxygens (including phenoxy) is 1. The summed E-state index contributed by atoms with van der Waals surface area (Å²) in [6.45, 7) is 6.74. The van der Waals surface area contributed by atoms with Crippen molar-refractivity contribution in [3.63, 3.8) is 0 Å². The van der Waals surface area contributed by atoms with Crippen molar-refractivity contribution < 1.29 is 9.53 Å². The minimum Gasteiger partial charge on any atom is -0.453 e. The van der Waals surface area contributed by atoms with E-state index in [9.17, 15) is 4.79 Å². The van der Waals surface area contributed by atoms with E-state index in [0.717, 1.165) is 5.56 Å². The van der Waals surface area contributed by atoms with Crippen LogP contribution in [0.25, 0.3) is 0 Å². The molecule has 6 heteroatoms. The molecule has 1 aromatic carbocycles. The molecule has 1 heterocycles. The Hall–Kier alpha value is -1.75. The van der Waals surface area contributed by atoms with Crippen LogP contribution in [-0.2, 0) is 4.74 Å². The van der Waals surface area contributed by atoms with E-state index in [1.54, 1.807) is 0 Å². The van der Waals surface area contributed by atoms with E-state index in [1.165, 1.54) is 7.11 Å². The van der Waals surface area contributed by atoms with E-state index in [1.807, 2.05) is 24.3 Å². The van der Waals surface area contributed by atoms with Crippen molar-refractivity contribution in [3.05, 3.63) is 34.9 Å². The molecule has 2 rings (SSSR count). The lowest BCUT2D eigenvalue weighted by molar-refractivity contribution is 0.166. The van der Waals surface area contributed by atoms with Crippen LogP contribution in [0.3, 0.4) is 0 Å². The predicted octanol–water partition coefficient (Wildman–Crippen LogP) is 3.21. The lowest BCUT2D eigenvalue weighted by atomic mass is 9.99. The molecule has 1 N–H and O–H groups in total. The van der Waals surface area contributed by atoms with Crippen molar-refractivity contribution >= 4 is 23.7 Å². The van der Waals surface area contributed by atoms with Gasteiger partial charge in [0.05, 0.1) is 19.7 Å². The molecule has 0 radical (unpaired) electrons. The monoisotopic (exact) mass is 309 g/mol. The van der Waals surface area contributed by atoms with Crippen molar-refractivity contribution in [3.8, 4) is 0 Å². The number of amides is 1. The van der Waals surface area contributed by atoms with Gasteiger partial charge in [0, 0.05) is 10.6 Å². The highest BCUT2D eigenvalue weighted by Gasteiger charge is 2.38. The van der Waals surface area contributed by atoms with Crippen molar-refractivity contribution in [2.24, 2.45) is 4.99 Å². The zero-order valence-electron chi connectivity index (χ0n) is 12.7. The molecule has 0 saturated heterocycles. The summed E-state index contributed by atoms with van der Waals surface area (Å²) in [6.07, 6.45) is -0.525. The Balaban J connectivity index is 2.33.